The van der Waals surface area contributed by atoms with E-state index in [0.717, 1.165) is 37.4 Å². The van der Waals surface area contributed by atoms with Crippen LogP contribution in [0, 0.1) is 0 Å². The third kappa shape index (κ3) is 8.33. The van der Waals surface area contributed by atoms with E-state index in [0.29, 0.717) is 18.1 Å². The smallest absolute Gasteiger partial charge is 0.328 e. The molecule has 1 fully saturated rings. The minimum Gasteiger partial charge on any atom is -0.493 e. The van der Waals surface area contributed by atoms with Gasteiger partial charge >= 0.3 is 11.9 Å². The number of methoxy groups -OCH3 is 2. The van der Waals surface area contributed by atoms with Crippen LogP contribution in [0.25, 0.3) is 0 Å². The topological polar surface area (TPSA) is 109 Å². The van der Waals surface area contributed by atoms with Crippen LogP contribution in [0.2, 0.25) is 0 Å². The average molecular weight is 455 g/mol. The van der Waals surface area contributed by atoms with Gasteiger partial charge in [-0.3, -0.25) is 4.99 Å². The first-order valence-electron chi connectivity index (χ1n) is 10.5. The SMILES string of the molecule is COc1ccc(CCN=C2CC(c3ccccc3)CN2C)cc1OC.O=C(O)/C=C/C(=O)O. The van der Waals surface area contributed by atoms with Crippen molar-refractivity contribution in [2.45, 2.75) is 18.8 Å². The third-order valence-corrected chi connectivity index (χ3v) is 5.15. The standard InChI is InChI=1S/C21H26N2O2.C4H4O4/c1-23-15-18(17-7-5-4-6-8-17)14-21(23)22-12-11-16-9-10-19(24-2)20(13-16)25-3;5-3(6)1-2-4(7)8/h4-10,13,18H,11-12,14-15H2,1-3H3;1-2H,(H,5,6)(H,7,8)/b;2-1+. The minimum atomic E-state index is -1.26. The molecule has 1 saturated heterocycles. The zero-order valence-corrected chi connectivity index (χ0v) is 19.1. The quantitative estimate of drug-likeness (QED) is 0.588. The first-order chi connectivity index (χ1) is 15.8. The van der Waals surface area contributed by atoms with Gasteiger partial charge in [-0.2, -0.15) is 0 Å². The Morgan fingerprint density at radius 3 is 2.24 bits per heavy atom. The number of hydrogen-bond donors (Lipinski definition) is 2. The molecule has 1 aliphatic heterocycles. The van der Waals surface area contributed by atoms with E-state index in [4.69, 9.17) is 24.7 Å². The normalized spacial score (nSPS) is 16.4. The zero-order chi connectivity index (χ0) is 24.2. The van der Waals surface area contributed by atoms with Crippen molar-refractivity contribution in [2.75, 3.05) is 34.4 Å². The summed E-state index contributed by atoms with van der Waals surface area (Å²) >= 11 is 0. The summed E-state index contributed by atoms with van der Waals surface area (Å²) in [5.74, 6) is 0.772. The molecule has 1 unspecified atom stereocenters. The lowest BCUT2D eigenvalue weighted by Crippen LogP contribution is -2.20. The van der Waals surface area contributed by atoms with Gasteiger partial charge in [-0.05, 0) is 29.7 Å². The minimum absolute atomic E-state index is 0.547. The van der Waals surface area contributed by atoms with Crippen molar-refractivity contribution >= 4 is 17.8 Å². The predicted octanol–water partition coefficient (Wildman–Crippen LogP) is 3.48. The van der Waals surface area contributed by atoms with E-state index in [-0.39, 0.29) is 0 Å². The lowest BCUT2D eigenvalue weighted by atomic mass is 9.98. The highest BCUT2D eigenvalue weighted by Crippen LogP contribution is 2.29. The molecular formula is C25H30N2O6. The number of carboxylic acid groups (broad SMARTS) is 2. The number of rotatable bonds is 8. The molecule has 8 heteroatoms. The van der Waals surface area contributed by atoms with Crippen molar-refractivity contribution in [3.63, 3.8) is 0 Å². The van der Waals surface area contributed by atoms with E-state index in [1.165, 1.54) is 17.0 Å². The number of likely N-dealkylation sites (N-methyl/N-ethyl adjacent to an activating group) is 1. The van der Waals surface area contributed by atoms with Crippen molar-refractivity contribution in [1.82, 2.24) is 4.90 Å². The fourth-order valence-electron chi connectivity index (χ4n) is 3.50. The largest absolute Gasteiger partial charge is 0.493 e. The van der Waals surface area contributed by atoms with Gasteiger partial charge in [0.1, 0.15) is 0 Å². The van der Waals surface area contributed by atoms with E-state index < -0.39 is 11.9 Å². The molecule has 0 bridgehead atoms. The molecule has 33 heavy (non-hydrogen) atoms. The summed E-state index contributed by atoms with van der Waals surface area (Å²) in [5.41, 5.74) is 2.61. The highest BCUT2D eigenvalue weighted by Gasteiger charge is 2.25. The number of benzene rings is 2. The van der Waals surface area contributed by atoms with Gasteiger partial charge in [0.05, 0.1) is 20.1 Å². The first-order valence-corrected chi connectivity index (χ1v) is 10.5. The van der Waals surface area contributed by atoms with Crippen LogP contribution >= 0.6 is 0 Å². The molecule has 176 valence electrons. The van der Waals surface area contributed by atoms with Crippen LogP contribution in [0.4, 0.5) is 0 Å². The van der Waals surface area contributed by atoms with Crippen LogP contribution in [0.1, 0.15) is 23.5 Å². The monoisotopic (exact) mass is 454 g/mol. The van der Waals surface area contributed by atoms with E-state index in [1.807, 2.05) is 12.1 Å². The van der Waals surface area contributed by atoms with Crippen molar-refractivity contribution in [1.29, 1.82) is 0 Å². The van der Waals surface area contributed by atoms with E-state index in [2.05, 4.69) is 48.3 Å². The maximum absolute atomic E-state index is 9.55. The Labute approximate surface area is 193 Å². The van der Waals surface area contributed by atoms with Crippen molar-refractivity contribution < 1.29 is 29.3 Å². The summed E-state index contributed by atoms with van der Waals surface area (Å²) in [7, 11) is 5.46. The second-order valence-corrected chi connectivity index (χ2v) is 7.44. The molecule has 0 aliphatic carbocycles. The Kier molecular flexibility index (Phi) is 9.95. The fraction of sp³-hybridized carbons (Fsp3) is 0.320. The van der Waals surface area contributed by atoms with Crippen LogP contribution in [0.5, 0.6) is 11.5 Å². The summed E-state index contributed by atoms with van der Waals surface area (Å²) in [4.78, 5) is 26.2. The van der Waals surface area contributed by atoms with E-state index >= 15 is 0 Å². The highest BCUT2D eigenvalue weighted by molar-refractivity contribution is 5.89. The van der Waals surface area contributed by atoms with Gasteiger partial charge in [-0.1, -0.05) is 36.4 Å². The van der Waals surface area contributed by atoms with Crippen molar-refractivity contribution in [3.8, 4) is 11.5 Å². The number of aliphatic imine (C=N–C) groups is 1. The molecule has 0 aromatic heterocycles. The molecule has 3 rings (SSSR count). The molecule has 2 N–H and O–H groups in total. The van der Waals surface area contributed by atoms with E-state index in [1.54, 1.807) is 14.2 Å². The van der Waals surface area contributed by atoms with Crippen LogP contribution in [-0.2, 0) is 16.0 Å². The lowest BCUT2D eigenvalue weighted by molar-refractivity contribution is -0.134. The Morgan fingerprint density at radius 2 is 1.67 bits per heavy atom. The molecule has 0 radical (unpaired) electrons. The molecule has 8 nitrogen and oxygen atoms in total. The second-order valence-electron chi connectivity index (χ2n) is 7.44. The van der Waals surface area contributed by atoms with E-state index in [9.17, 15) is 9.59 Å². The van der Waals surface area contributed by atoms with Crippen LogP contribution in [0.3, 0.4) is 0 Å². The molecule has 1 atom stereocenters. The Morgan fingerprint density at radius 1 is 1.03 bits per heavy atom. The van der Waals surface area contributed by atoms with Crippen molar-refractivity contribution in [3.05, 3.63) is 71.8 Å². The van der Waals surface area contributed by atoms with Gasteiger partial charge < -0.3 is 24.6 Å². The van der Waals surface area contributed by atoms with Gasteiger partial charge in [-0.15, -0.1) is 0 Å². The molecule has 0 spiro atoms. The van der Waals surface area contributed by atoms with Crippen LogP contribution < -0.4 is 9.47 Å². The summed E-state index contributed by atoms with van der Waals surface area (Å²) < 4.78 is 10.7. The number of ether oxygens (including phenoxy) is 2. The number of hydrogen-bond acceptors (Lipinski definition) is 5. The lowest BCUT2D eigenvalue weighted by Gasteiger charge is -2.12. The second kappa shape index (κ2) is 12.9. The summed E-state index contributed by atoms with van der Waals surface area (Å²) in [6.45, 7) is 1.83. The molecule has 1 heterocycles. The predicted molar refractivity (Wildman–Crippen MR) is 126 cm³/mol. The molecule has 2 aromatic rings. The molecule has 2 aromatic carbocycles. The number of amidine groups is 1. The summed E-state index contributed by atoms with van der Waals surface area (Å²) in [6.07, 6.45) is 3.03. The van der Waals surface area contributed by atoms with Crippen LogP contribution in [0.15, 0.2) is 65.7 Å². The zero-order valence-electron chi connectivity index (χ0n) is 19.1. The fourth-order valence-corrected chi connectivity index (χ4v) is 3.50. The van der Waals surface area contributed by atoms with Gasteiger partial charge in [0.25, 0.3) is 0 Å². The van der Waals surface area contributed by atoms with Gasteiger partial charge in [-0.25, -0.2) is 9.59 Å². The average Bonchev–Trinajstić information content (AvgIpc) is 3.19. The Hall–Kier alpha value is -3.81. The number of likely N-dealkylation sites (tertiary alicyclic amines) is 1. The molecule has 1 aliphatic rings. The Balaban J connectivity index is 0.000000414. The van der Waals surface area contributed by atoms with Gasteiger partial charge in [0.15, 0.2) is 11.5 Å². The van der Waals surface area contributed by atoms with Crippen molar-refractivity contribution in [2.24, 2.45) is 4.99 Å². The summed E-state index contributed by atoms with van der Waals surface area (Å²) in [6, 6.07) is 16.8. The Bertz CT molecular complexity index is 972. The highest BCUT2D eigenvalue weighted by atomic mass is 16.5. The number of aliphatic carboxylic acids is 2. The molecule has 0 amide bonds. The summed E-state index contributed by atoms with van der Waals surface area (Å²) in [5, 5.41) is 15.6. The third-order valence-electron chi connectivity index (χ3n) is 5.15. The number of nitrogens with zero attached hydrogens (tertiary/aromatic N) is 2. The maximum atomic E-state index is 9.55. The number of carboxylic acids is 2. The molecular weight excluding hydrogens is 424 g/mol. The maximum Gasteiger partial charge on any atom is 0.328 e. The van der Waals surface area contributed by atoms with Gasteiger partial charge in [0.2, 0.25) is 0 Å². The molecule has 0 saturated carbocycles. The number of carbonyl (C=O) groups is 2. The van der Waals surface area contributed by atoms with Crippen LogP contribution in [-0.4, -0.2) is 67.2 Å². The van der Waals surface area contributed by atoms with Gasteiger partial charge in [0, 0.05) is 44.6 Å². The first kappa shape index (κ1) is 25.5.